The fourth-order valence-electron chi connectivity index (χ4n) is 0.789. The highest BCUT2D eigenvalue weighted by Crippen LogP contribution is 2.14. The molecular formula is C6H11NO. The molecule has 0 atom stereocenters. The van der Waals surface area contributed by atoms with Crippen molar-refractivity contribution in [2.45, 2.75) is 13.8 Å². The third kappa shape index (κ3) is 0.842. The molecule has 1 aliphatic rings. The first-order valence-corrected chi connectivity index (χ1v) is 2.75. The van der Waals surface area contributed by atoms with E-state index in [0.29, 0.717) is 0 Å². The molecule has 1 rings (SSSR count). The van der Waals surface area contributed by atoms with Crippen molar-refractivity contribution in [3.63, 3.8) is 0 Å². The van der Waals surface area contributed by atoms with Gasteiger partial charge in [0.25, 0.3) is 0 Å². The topological polar surface area (TPSA) is 12.5 Å². The first kappa shape index (κ1) is 5.63. The van der Waals surface area contributed by atoms with Crippen LogP contribution in [0.25, 0.3) is 0 Å². The molecule has 0 amide bonds. The maximum atomic E-state index is 5.19. The van der Waals surface area contributed by atoms with Crippen LogP contribution in [0.5, 0.6) is 0 Å². The van der Waals surface area contributed by atoms with Crippen LogP contribution in [0.3, 0.4) is 0 Å². The van der Waals surface area contributed by atoms with E-state index in [1.807, 2.05) is 19.0 Å². The summed E-state index contributed by atoms with van der Waals surface area (Å²) in [5.41, 5.74) is 1.33. The highest BCUT2D eigenvalue weighted by Gasteiger charge is 2.11. The Labute approximate surface area is 49.7 Å². The summed E-state index contributed by atoms with van der Waals surface area (Å²) in [4.78, 5) is 5.19. The largest absolute Gasteiger partial charge is 0.411 e. The Morgan fingerprint density at radius 3 is 2.25 bits per heavy atom. The maximum absolute atomic E-state index is 5.19. The van der Waals surface area contributed by atoms with Crippen molar-refractivity contribution in [1.82, 2.24) is 5.06 Å². The van der Waals surface area contributed by atoms with Crippen LogP contribution in [0.4, 0.5) is 0 Å². The maximum Gasteiger partial charge on any atom is 0.121 e. The molecular weight excluding hydrogens is 102 g/mol. The molecule has 0 bridgehead atoms. The number of likely N-dealkylation sites (N-methyl/N-ethyl adjacent to an activating group) is 1. The van der Waals surface area contributed by atoms with Gasteiger partial charge >= 0.3 is 0 Å². The van der Waals surface area contributed by atoms with Crippen molar-refractivity contribution in [2.75, 3.05) is 13.6 Å². The Morgan fingerprint density at radius 1 is 1.50 bits per heavy atom. The second kappa shape index (κ2) is 1.78. The summed E-state index contributed by atoms with van der Waals surface area (Å²) in [5.74, 6) is 1.05. The molecule has 0 saturated heterocycles. The lowest BCUT2D eigenvalue weighted by Gasteiger charge is -2.05. The smallest absolute Gasteiger partial charge is 0.121 e. The molecule has 1 heterocycles. The van der Waals surface area contributed by atoms with Crippen LogP contribution >= 0.6 is 0 Å². The van der Waals surface area contributed by atoms with E-state index < -0.39 is 0 Å². The summed E-state index contributed by atoms with van der Waals surface area (Å²) in [6.45, 7) is 5.02. The molecule has 0 aromatic carbocycles. The SMILES string of the molecule is CC1=C(C)ON(C)C1. The summed E-state index contributed by atoms with van der Waals surface area (Å²) in [6, 6.07) is 0. The molecule has 0 aromatic heterocycles. The number of allylic oxidation sites excluding steroid dienone is 1. The van der Waals surface area contributed by atoms with Gasteiger partial charge in [0.1, 0.15) is 5.76 Å². The lowest BCUT2D eigenvalue weighted by molar-refractivity contribution is -0.0657. The molecule has 2 heteroatoms. The Balaban J connectivity index is 2.60. The van der Waals surface area contributed by atoms with Gasteiger partial charge in [0, 0.05) is 7.05 Å². The van der Waals surface area contributed by atoms with Crippen LogP contribution < -0.4 is 0 Å². The van der Waals surface area contributed by atoms with Crippen molar-refractivity contribution in [3.8, 4) is 0 Å². The van der Waals surface area contributed by atoms with Gasteiger partial charge in [0.15, 0.2) is 0 Å². The van der Waals surface area contributed by atoms with Crippen LogP contribution in [0, 0.1) is 0 Å². The molecule has 8 heavy (non-hydrogen) atoms. The highest BCUT2D eigenvalue weighted by atomic mass is 16.7. The van der Waals surface area contributed by atoms with E-state index in [1.54, 1.807) is 0 Å². The first-order chi connectivity index (χ1) is 3.70. The van der Waals surface area contributed by atoms with E-state index in [-0.39, 0.29) is 0 Å². The molecule has 0 radical (unpaired) electrons. The van der Waals surface area contributed by atoms with Crippen LogP contribution in [0.2, 0.25) is 0 Å². The summed E-state index contributed by atoms with van der Waals surface area (Å²) in [7, 11) is 1.93. The van der Waals surface area contributed by atoms with Gasteiger partial charge in [0.05, 0.1) is 6.54 Å². The fraction of sp³-hybridized carbons (Fsp3) is 0.667. The summed E-state index contributed by atoms with van der Waals surface area (Å²) in [6.07, 6.45) is 0. The van der Waals surface area contributed by atoms with Gasteiger partial charge in [-0.05, 0) is 19.4 Å². The fourth-order valence-corrected chi connectivity index (χ4v) is 0.789. The van der Waals surface area contributed by atoms with E-state index in [4.69, 9.17) is 4.84 Å². The van der Waals surface area contributed by atoms with E-state index >= 15 is 0 Å². The molecule has 0 N–H and O–H groups in total. The quantitative estimate of drug-likeness (QED) is 0.467. The first-order valence-electron chi connectivity index (χ1n) is 2.75. The van der Waals surface area contributed by atoms with Crippen molar-refractivity contribution in [2.24, 2.45) is 0 Å². The molecule has 0 aromatic rings. The zero-order valence-electron chi connectivity index (χ0n) is 5.56. The van der Waals surface area contributed by atoms with Crippen molar-refractivity contribution >= 4 is 0 Å². The molecule has 46 valence electrons. The second-order valence-electron chi connectivity index (χ2n) is 2.21. The molecule has 0 spiro atoms. The van der Waals surface area contributed by atoms with E-state index in [2.05, 4.69) is 6.92 Å². The van der Waals surface area contributed by atoms with Gasteiger partial charge in [-0.3, -0.25) is 0 Å². The lowest BCUT2D eigenvalue weighted by Crippen LogP contribution is -2.11. The molecule has 0 saturated carbocycles. The molecule has 2 nitrogen and oxygen atoms in total. The third-order valence-electron chi connectivity index (χ3n) is 1.35. The number of hydrogen-bond acceptors (Lipinski definition) is 2. The minimum Gasteiger partial charge on any atom is -0.411 e. The number of hydrogen-bond donors (Lipinski definition) is 0. The lowest BCUT2D eigenvalue weighted by atomic mass is 10.3. The van der Waals surface area contributed by atoms with Crippen molar-refractivity contribution < 1.29 is 4.84 Å². The normalized spacial score (nSPS) is 21.9. The predicted molar refractivity (Wildman–Crippen MR) is 32.1 cm³/mol. The van der Waals surface area contributed by atoms with Gasteiger partial charge in [-0.1, -0.05) is 0 Å². The minimum atomic E-state index is 0.950. The van der Waals surface area contributed by atoms with Crippen molar-refractivity contribution in [1.29, 1.82) is 0 Å². The monoisotopic (exact) mass is 113 g/mol. The Hall–Kier alpha value is -0.500. The molecule has 1 aliphatic heterocycles. The Bertz CT molecular complexity index is 114. The number of nitrogens with zero attached hydrogens (tertiary/aromatic N) is 1. The zero-order chi connectivity index (χ0) is 6.15. The van der Waals surface area contributed by atoms with Crippen LogP contribution in [0.15, 0.2) is 11.3 Å². The molecule has 0 aliphatic carbocycles. The third-order valence-corrected chi connectivity index (χ3v) is 1.35. The van der Waals surface area contributed by atoms with Gasteiger partial charge in [-0.25, -0.2) is 0 Å². The Kier molecular flexibility index (Phi) is 1.26. The van der Waals surface area contributed by atoms with Crippen LogP contribution in [0.1, 0.15) is 13.8 Å². The summed E-state index contributed by atoms with van der Waals surface area (Å²) in [5, 5.41) is 1.82. The number of rotatable bonds is 0. The van der Waals surface area contributed by atoms with Gasteiger partial charge in [-0.2, -0.15) is 0 Å². The Morgan fingerprint density at radius 2 is 2.12 bits per heavy atom. The predicted octanol–water partition coefficient (Wildman–Crippen LogP) is 1.16. The number of hydroxylamine groups is 2. The van der Waals surface area contributed by atoms with Gasteiger partial charge in [0.2, 0.25) is 0 Å². The van der Waals surface area contributed by atoms with Crippen LogP contribution in [-0.4, -0.2) is 18.7 Å². The minimum absolute atomic E-state index is 0.950. The summed E-state index contributed by atoms with van der Waals surface area (Å²) < 4.78 is 0. The summed E-state index contributed by atoms with van der Waals surface area (Å²) >= 11 is 0. The van der Waals surface area contributed by atoms with Gasteiger partial charge in [-0.15, -0.1) is 5.06 Å². The zero-order valence-corrected chi connectivity index (χ0v) is 5.56. The highest BCUT2D eigenvalue weighted by molar-refractivity contribution is 5.07. The standard InChI is InChI=1S/C6H11NO/c1-5-4-7(3)8-6(5)2/h4H2,1-3H3. The van der Waals surface area contributed by atoms with Crippen LogP contribution in [-0.2, 0) is 4.84 Å². The average molecular weight is 113 g/mol. The molecule has 0 fully saturated rings. The molecule has 0 unspecified atom stereocenters. The van der Waals surface area contributed by atoms with E-state index in [1.165, 1.54) is 5.57 Å². The van der Waals surface area contributed by atoms with Crippen molar-refractivity contribution in [3.05, 3.63) is 11.3 Å². The van der Waals surface area contributed by atoms with E-state index in [9.17, 15) is 0 Å². The van der Waals surface area contributed by atoms with Gasteiger partial charge < -0.3 is 4.84 Å². The second-order valence-corrected chi connectivity index (χ2v) is 2.21. The average Bonchev–Trinajstić information content (AvgIpc) is 1.85. The van der Waals surface area contributed by atoms with E-state index in [0.717, 1.165) is 12.3 Å².